The van der Waals surface area contributed by atoms with Gasteiger partial charge >= 0.3 is 95.3 Å². The summed E-state index contributed by atoms with van der Waals surface area (Å²) in [6, 6.07) is 7.63. The number of hydrogen-bond donors (Lipinski definition) is 3. The van der Waals surface area contributed by atoms with Crippen LogP contribution in [0.25, 0.3) is 0 Å². The number of rotatable bonds is 4. The molecular formula is C12H17HgNO6. The number of hydrogen-bond acceptors (Lipinski definition) is 6. The molecule has 0 spiro atoms. The molecule has 2 atom stereocenters. The third-order valence-corrected chi connectivity index (χ3v) is 7.73. The molecular weight excluding hydrogens is 455 g/mol. The molecule has 1 aromatic rings. The van der Waals surface area contributed by atoms with Crippen molar-refractivity contribution >= 4 is 20.7 Å². The van der Waals surface area contributed by atoms with Crippen molar-refractivity contribution in [2.45, 2.75) is 26.1 Å². The Kier molecular flexibility index (Phi) is 9.31. The molecule has 0 saturated carbocycles. The van der Waals surface area contributed by atoms with Gasteiger partial charge in [-0.3, -0.25) is 0 Å². The Hall–Kier alpha value is -1.02. The molecule has 1 rings (SSSR count). The Bertz CT molecular complexity index is 449. The summed E-state index contributed by atoms with van der Waals surface area (Å²) in [7, 11) is 0. The molecule has 0 fully saturated rings. The molecule has 5 N–H and O–H groups in total. The normalized spacial score (nSPS) is 12.2. The first-order chi connectivity index (χ1) is 9.25. The van der Waals surface area contributed by atoms with Crippen LogP contribution in [0.4, 0.5) is 5.69 Å². The molecule has 0 radical (unpaired) electrons. The molecule has 8 heteroatoms. The Morgan fingerprint density at radius 2 is 1.75 bits per heavy atom. The van der Waals surface area contributed by atoms with E-state index in [0.717, 1.165) is 15.7 Å². The molecule has 0 saturated heterocycles. The van der Waals surface area contributed by atoms with Gasteiger partial charge in [0.15, 0.2) is 0 Å². The fraction of sp³-hybridized carbons (Fsp3) is 0.333. The molecule has 0 aliphatic rings. The van der Waals surface area contributed by atoms with E-state index in [1.54, 1.807) is 0 Å². The predicted molar refractivity (Wildman–Crippen MR) is 63.1 cm³/mol. The van der Waals surface area contributed by atoms with Gasteiger partial charge in [-0.05, 0) is 6.92 Å². The van der Waals surface area contributed by atoms with Crippen LogP contribution in [0.3, 0.4) is 0 Å². The monoisotopic (exact) mass is 473 g/mol. The van der Waals surface area contributed by atoms with Gasteiger partial charge in [0.2, 0.25) is 0 Å². The molecule has 0 heterocycles. The summed E-state index contributed by atoms with van der Waals surface area (Å²) in [5, 5.41) is 26.2. The topological polar surface area (TPSA) is 135 Å². The number of aliphatic hydroxyl groups excluding tert-OH is 2. The van der Waals surface area contributed by atoms with E-state index in [1.807, 2.05) is 24.3 Å². The minimum atomic E-state index is -1.86. The van der Waals surface area contributed by atoms with Gasteiger partial charge in [-0.15, -0.1) is 0 Å². The Labute approximate surface area is 129 Å². The van der Waals surface area contributed by atoms with Crippen LogP contribution >= 0.6 is 0 Å². The van der Waals surface area contributed by atoms with Gasteiger partial charge in [0, 0.05) is 0 Å². The van der Waals surface area contributed by atoms with Crippen molar-refractivity contribution in [1.29, 1.82) is 0 Å². The van der Waals surface area contributed by atoms with E-state index in [0.29, 0.717) is 0 Å². The summed E-state index contributed by atoms with van der Waals surface area (Å²) >= 11 is -1.86. The fourth-order valence-electron chi connectivity index (χ4n) is 0.968. The van der Waals surface area contributed by atoms with Crippen molar-refractivity contribution in [3.8, 4) is 0 Å². The van der Waals surface area contributed by atoms with Crippen LogP contribution in [-0.2, 0) is 37.3 Å². The van der Waals surface area contributed by atoms with E-state index in [2.05, 4.69) is 5.73 Å². The summed E-state index contributed by atoms with van der Waals surface area (Å²) in [6.45, 7) is 2.54. The first-order valence-corrected chi connectivity index (χ1v) is 10.9. The summed E-state index contributed by atoms with van der Waals surface area (Å²) in [5.74, 6) is -1.95. The predicted octanol–water partition coefficient (Wildman–Crippen LogP) is -2.78. The molecule has 0 bridgehead atoms. The molecule has 7 nitrogen and oxygen atoms in total. The quantitative estimate of drug-likeness (QED) is 0.407. The van der Waals surface area contributed by atoms with E-state index in [1.165, 1.54) is 6.92 Å². The van der Waals surface area contributed by atoms with Crippen LogP contribution in [0.1, 0.15) is 13.8 Å². The number of aliphatic carboxylic acids is 1. The second-order valence-electron chi connectivity index (χ2n) is 4.05. The summed E-state index contributed by atoms with van der Waals surface area (Å²) in [5.41, 5.74) is 4.77. The standard InChI is InChI=1S/C6H6N.2C3H6O3.Hg/c7-6-4-2-1-3-5-6;2*1-2(4)3(5)6;/h1-4H,7H2;2*2,4H,1H3,(H,5,6);/q;;;+1/p-1. The number of carboxylic acid groups (broad SMARTS) is 1. The maximum atomic E-state index is 11.0. The minimum absolute atomic E-state index is 0.519. The molecule has 0 aromatic heterocycles. The van der Waals surface area contributed by atoms with Gasteiger partial charge < -0.3 is 15.0 Å². The Morgan fingerprint density at radius 3 is 2.15 bits per heavy atom. The van der Waals surface area contributed by atoms with Gasteiger partial charge in [-0.25, -0.2) is 0 Å². The maximum absolute atomic E-state index is 11.0. The SMILES string of the molecule is CC(O)C(=O)[O-].CC(O)C(=O)[O][Hg][c]1ccccc1[NH3+]. The van der Waals surface area contributed by atoms with Crippen molar-refractivity contribution < 1.29 is 58.3 Å². The molecule has 20 heavy (non-hydrogen) atoms. The number of carbonyl (C=O) groups is 2. The zero-order valence-electron chi connectivity index (χ0n) is 11.4. The van der Waals surface area contributed by atoms with Crippen LogP contribution in [-0.4, -0.2) is 34.4 Å². The van der Waals surface area contributed by atoms with E-state index in [4.69, 9.17) is 12.9 Å². The molecule has 0 aliphatic heterocycles. The van der Waals surface area contributed by atoms with E-state index >= 15 is 0 Å². The summed E-state index contributed by atoms with van der Waals surface area (Å²) in [6.07, 6.45) is -2.36. The molecule has 108 valence electrons. The zero-order chi connectivity index (χ0) is 15.7. The van der Waals surface area contributed by atoms with Gasteiger partial charge in [-0.1, -0.05) is 0 Å². The van der Waals surface area contributed by atoms with Crippen LogP contribution in [0, 0.1) is 0 Å². The summed E-state index contributed by atoms with van der Waals surface area (Å²) < 4.78 is 6.13. The van der Waals surface area contributed by atoms with E-state index in [9.17, 15) is 14.7 Å². The Balaban J connectivity index is 0.000000511. The molecule has 1 aromatic carbocycles. The number of carbonyl (C=O) groups excluding carboxylic acids is 2. The summed E-state index contributed by atoms with van der Waals surface area (Å²) in [4.78, 5) is 20.3. The Morgan fingerprint density at radius 1 is 1.25 bits per heavy atom. The average molecular weight is 472 g/mol. The van der Waals surface area contributed by atoms with Crippen LogP contribution in [0.2, 0.25) is 0 Å². The first kappa shape index (κ1) is 19.0. The van der Waals surface area contributed by atoms with E-state index in [-0.39, 0.29) is 0 Å². The fourth-order valence-corrected chi connectivity index (χ4v) is 5.14. The number of aliphatic hydroxyl groups is 2. The van der Waals surface area contributed by atoms with Crippen molar-refractivity contribution in [1.82, 2.24) is 0 Å². The van der Waals surface area contributed by atoms with Crippen LogP contribution in [0.5, 0.6) is 0 Å². The molecule has 0 amide bonds. The van der Waals surface area contributed by atoms with Crippen molar-refractivity contribution in [3.05, 3.63) is 24.3 Å². The number of carboxylic acids is 1. The third-order valence-electron chi connectivity index (χ3n) is 2.17. The average Bonchev–Trinajstić information content (AvgIpc) is 2.37. The first-order valence-electron chi connectivity index (χ1n) is 5.89. The van der Waals surface area contributed by atoms with Crippen LogP contribution < -0.4 is 13.9 Å². The number of benzene rings is 1. The molecule has 0 aliphatic carbocycles. The van der Waals surface area contributed by atoms with Crippen molar-refractivity contribution in [2.75, 3.05) is 0 Å². The van der Waals surface area contributed by atoms with Gasteiger partial charge in [0.05, 0.1) is 12.1 Å². The van der Waals surface area contributed by atoms with Gasteiger partial charge in [0.1, 0.15) is 0 Å². The van der Waals surface area contributed by atoms with Crippen molar-refractivity contribution in [3.63, 3.8) is 0 Å². The van der Waals surface area contributed by atoms with Gasteiger partial charge in [-0.2, -0.15) is 0 Å². The van der Waals surface area contributed by atoms with Gasteiger partial charge in [0.25, 0.3) is 0 Å². The second kappa shape index (κ2) is 9.81. The molecule has 2 unspecified atom stereocenters. The van der Waals surface area contributed by atoms with Crippen molar-refractivity contribution in [2.24, 2.45) is 0 Å². The zero-order valence-corrected chi connectivity index (χ0v) is 16.9. The van der Waals surface area contributed by atoms with Crippen LogP contribution in [0.15, 0.2) is 24.3 Å². The number of quaternary nitrogens is 1. The third kappa shape index (κ3) is 8.21. The van der Waals surface area contributed by atoms with E-state index < -0.39 is 49.2 Å². The second-order valence-corrected chi connectivity index (χ2v) is 9.25.